The van der Waals surface area contributed by atoms with Gasteiger partial charge >= 0.3 is 0 Å². The lowest BCUT2D eigenvalue weighted by Crippen LogP contribution is -2.35. The summed E-state index contributed by atoms with van der Waals surface area (Å²) in [5.74, 6) is -1.57. The molecule has 1 fully saturated rings. The molecule has 0 aromatic carbocycles. The summed E-state index contributed by atoms with van der Waals surface area (Å²) in [7, 11) is 0. The maximum atomic E-state index is 8.89. The molecule has 48 valence electrons. The Balaban J connectivity index is 2.54. The van der Waals surface area contributed by atoms with Crippen LogP contribution >= 0.6 is 0 Å². The first-order valence-electron chi connectivity index (χ1n) is 2.69. The molecular formula is C5H10O3. The van der Waals surface area contributed by atoms with Gasteiger partial charge in [-0.1, -0.05) is 0 Å². The molecule has 3 nitrogen and oxygen atoms in total. The van der Waals surface area contributed by atoms with Crippen LogP contribution in [0.25, 0.3) is 0 Å². The number of hydrogen-bond donors (Lipinski definition) is 2. The third-order valence-electron chi connectivity index (χ3n) is 1.49. The molecule has 1 heterocycles. The largest absolute Gasteiger partial charge is 0.373 e. The fourth-order valence-corrected chi connectivity index (χ4v) is 0.723. The summed E-state index contributed by atoms with van der Waals surface area (Å²) in [6.07, 6.45) is -0.101. The van der Waals surface area contributed by atoms with E-state index in [-0.39, 0.29) is 0 Å². The second-order valence-electron chi connectivity index (χ2n) is 2.14. The molecule has 0 aromatic heterocycles. The molecule has 1 rings (SSSR count). The van der Waals surface area contributed by atoms with Gasteiger partial charge in [0.1, 0.15) is 6.10 Å². The van der Waals surface area contributed by atoms with Crippen molar-refractivity contribution in [3.63, 3.8) is 0 Å². The van der Waals surface area contributed by atoms with E-state index in [0.29, 0.717) is 13.0 Å². The summed E-state index contributed by atoms with van der Waals surface area (Å²) >= 11 is 0. The van der Waals surface area contributed by atoms with Gasteiger partial charge in [0, 0.05) is 6.42 Å². The van der Waals surface area contributed by atoms with Crippen molar-refractivity contribution in [2.24, 2.45) is 0 Å². The summed E-state index contributed by atoms with van der Waals surface area (Å²) in [5.41, 5.74) is 0. The highest BCUT2D eigenvalue weighted by molar-refractivity contribution is 4.77. The van der Waals surface area contributed by atoms with Gasteiger partial charge in [-0.25, -0.2) is 0 Å². The molecule has 0 saturated carbocycles. The maximum absolute atomic E-state index is 8.89. The molecule has 0 aromatic rings. The van der Waals surface area contributed by atoms with Crippen molar-refractivity contribution in [2.45, 2.75) is 25.2 Å². The highest BCUT2D eigenvalue weighted by atomic mass is 16.6. The Morgan fingerprint density at radius 1 is 1.62 bits per heavy atom. The van der Waals surface area contributed by atoms with Gasteiger partial charge in [0.25, 0.3) is 0 Å². The van der Waals surface area contributed by atoms with Crippen molar-refractivity contribution in [3.05, 3.63) is 0 Å². The van der Waals surface area contributed by atoms with E-state index >= 15 is 0 Å². The van der Waals surface area contributed by atoms with Gasteiger partial charge in [0.2, 0.25) is 0 Å². The fourth-order valence-electron chi connectivity index (χ4n) is 0.723. The molecule has 0 spiro atoms. The van der Waals surface area contributed by atoms with E-state index in [2.05, 4.69) is 0 Å². The van der Waals surface area contributed by atoms with Crippen molar-refractivity contribution >= 4 is 0 Å². The van der Waals surface area contributed by atoms with Gasteiger partial charge in [-0.2, -0.15) is 0 Å². The van der Waals surface area contributed by atoms with Crippen LogP contribution in [0.5, 0.6) is 0 Å². The zero-order valence-corrected chi connectivity index (χ0v) is 4.79. The zero-order valence-electron chi connectivity index (χ0n) is 4.79. The van der Waals surface area contributed by atoms with E-state index in [4.69, 9.17) is 14.9 Å². The van der Waals surface area contributed by atoms with Gasteiger partial charge < -0.3 is 14.9 Å². The van der Waals surface area contributed by atoms with E-state index in [1.807, 2.05) is 0 Å². The minimum absolute atomic E-state index is 0.328. The predicted molar refractivity (Wildman–Crippen MR) is 27.2 cm³/mol. The Hall–Kier alpha value is -0.120. The number of hydrogen-bond acceptors (Lipinski definition) is 3. The first-order valence-corrected chi connectivity index (χ1v) is 2.69. The minimum Gasteiger partial charge on any atom is -0.373 e. The summed E-state index contributed by atoms with van der Waals surface area (Å²) in [6, 6.07) is 0. The Bertz CT molecular complexity index is 89.7. The summed E-state index contributed by atoms with van der Waals surface area (Å²) in [5, 5.41) is 17.8. The number of ether oxygens (including phenoxy) is 1. The molecule has 0 aliphatic carbocycles. The van der Waals surface area contributed by atoms with Gasteiger partial charge in [-0.05, 0) is 6.92 Å². The quantitative estimate of drug-likeness (QED) is 0.421. The van der Waals surface area contributed by atoms with Crippen LogP contribution in [0.3, 0.4) is 0 Å². The van der Waals surface area contributed by atoms with Crippen LogP contribution in [0.2, 0.25) is 0 Å². The standard InChI is InChI=1S/C5H10O3/c1-4-5(6,7)2-3-8-4/h4,6-7H,2-3H2,1H3. The average Bonchev–Trinajstić information content (AvgIpc) is 1.86. The van der Waals surface area contributed by atoms with Crippen molar-refractivity contribution in [1.82, 2.24) is 0 Å². The normalized spacial score (nSPS) is 35.6. The van der Waals surface area contributed by atoms with Gasteiger partial charge in [0.15, 0.2) is 5.79 Å². The lowest BCUT2D eigenvalue weighted by Gasteiger charge is -2.17. The molecule has 1 aliphatic rings. The molecule has 0 radical (unpaired) electrons. The van der Waals surface area contributed by atoms with Crippen molar-refractivity contribution < 1.29 is 14.9 Å². The third kappa shape index (κ3) is 0.844. The van der Waals surface area contributed by atoms with E-state index in [9.17, 15) is 0 Å². The van der Waals surface area contributed by atoms with Crippen LogP contribution in [-0.4, -0.2) is 28.7 Å². The molecule has 1 atom stereocenters. The first kappa shape index (κ1) is 6.01. The molecule has 0 bridgehead atoms. The topological polar surface area (TPSA) is 49.7 Å². The molecule has 1 saturated heterocycles. The van der Waals surface area contributed by atoms with Crippen LogP contribution in [0.15, 0.2) is 0 Å². The highest BCUT2D eigenvalue weighted by Gasteiger charge is 2.36. The van der Waals surface area contributed by atoms with Crippen LogP contribution < -0.4 is 0 Å². The highest BCUT2D eigenvalue weighted by Crippen LogP contribution is 2.21. The SMILES string of the molecule is CC1OCCC1(O)O. The third-order valence-corrected chi connectivity index (χ3v) is 1.49. The smallest absolute Gasteiger partial charge is 0.191 e. The predicted octanol–water partition coefficient (Wildman–Crippen LogP) is -0.524. The van der Waals surface area contributed by atoms with Gasteiger partial charge in [-0.15, -0.1) is 0 Å². The van der Waals surface area contributed by atoms with Crippen molar-refractivity contribution in [2.75, 3.05) is 6.61 Å². The average molecular weight is 118 g/mol. The molecular weight excluding hydrogens is 108 g/mol. The molecule has 8 heavy (non-hydrogen) atoms. The minimum atomic E-state index is -1.57. The number of aliphatic hydroxyl groups is 2. The number of rotatable bonds is 0. The molecule has 2 N–H and O–H groups in total. The maximum Gasteiger partial charge on any atom is 0.191 e. The van der Waals surface area contributed by atoms with Crippen LogP contribution in [-0.2, 0) is 4.74 Å². The van der Waals surface area contributed by atoms with E-state index < -0.39 is 11.9 Å². The van der Waals surface area contributed by atoms with Gasteiger partial charge in [-0.3, -0.25) is 0 Å². The van der Waals surface area contributed by atoms with Crippen molar-refractivity contribution in [1.29, 1.82) is 0 Å². The first-order chi connectivity index (χ1) is 3.63. The van der Waals surface area contributed by atoms with Crippen molar-refractivity contribution in [3.8, 4) is 0 Å². The summed E-state index contributed by atoms with van der Waals surface area (Å²) in [6.45, 7) is 2.10. The lowest BCUT2D eigenvalue weighted by molar-refractivity contribution is -0.187. The van der Waals surface area contributed by atoms with E-state index in [0.717, 1.165) is 0 Å². The Morgan fingerprint density at radius 3 is 2.38 bits per heavy atom. The molecule has 0 amide bonds. The Kier molecular flexibility index (Phi) is 1.27. The monoisotopic (exact) mass is 118 g/mol. The van der Waals surface area contributed by atoms with E-state index in [1.54, 1.807) is 6.92 Å². The fraction of sp³-hybridized carbons (Fsp3) is 1.00. The second kappa shape index (κ2) is 1.69. The molecule has 1 unspecified atom stereocenters. The van der Waals surface area contributed by atoms with Crippen LogP contribution in [0.4, 0.5) is 0 Å². The Labute approximate surface area is 47.9 Å². The van der Waals surface area contributed by atoms with Crippen LogP contribution in [0.1, 0.15) is 13.3 Å². The lowest BCUT2D eigenvalue weighted by atomic mass is 10.1. The molecule has 3 heteroatoms. The van der Waals surface area contributed by atoms with Gasteiger partial charge in [0.05, 0.1) is 6.61 Å². The van der Waals surface area contributed by atoms with Crippen LogP contribution in [0, 0.1) is 0 Å². The Morgan fingerprint density at radius 2 is 2.25 bits per heavy atom. The summed E-state index contributed by atoms with van der Waals surface area (Å²) < 4.78 is 4.87. The van der Waals surface area contributed by atoms with E-state index in [1.165, 1.54) is 0 Å². The molecule has 1 aliphatic heterocycles. The summed E-state index contributed by atoms with van der Waals surface area (Å²) in [4.78, 5) is 0. The zero-order chi connectivity index (χ0) is 6.20. The second-order valence-corrected chi connectivity index (χ2v) is 2.14.